The molecule has 9 heteroatoms. The highest BCUT2D eigenvalue weighted by Gasteiger charge is 2.16. The van der Waals surface area contributed by atoms with Gasteiger partial charge in [-0.3, -0.25) is 4.79 Å². The van der Waals surface area contributed by atoms with Crippen molar-refractivity contribution in [2.75, 3.05) is 19.8 Å². The molecule has 4 aromatic carbocycles. The summed E-state index contributed by atoms with van der Waals surface area (Å²) < 4.78 is 24.8. The number of ether oxygens (including phenoxy) is 4. The van der Waals surface area contributed by atoms with Crippen molar-refractivity contribution in [3.63, 3.8) is 0 Å². The average Bonchev–Trinajstić information content (AvgIpc) is 3.04. The molecule has 0 fully saturated rings. The molecule has 0 unspecified atom stereocenters. The maximum absolute atomic E-state index is 10.9. The molecule has 0 saturated heterocycles. The Hall–Kier alpha value is -4.52. The van der Waals surface area contributed by atoms with E-state index in [1.165, 1.54) is 0 Å². The van der Waals surface area contributed by atoms with Crippen molar-refractivity contribution in [1.82, 2.24) is 5.32 Å². The lowest BCUT2D eigenvalue weighted by atomic mass is 9.96. The molecule has 0 aliphatic carbocycles. The second-order valence-corrected chi connectivity index (χ2v) is 11.3. The van der Waals surface area contributed by atoms with E-state index < -0.39 is 5.97 Å². The van der Waals surface area contributed by atoms with Gasteiger partial charge in [0.15, 0.2) is 11.5 Å². The monoisotopic (exact) mass is 656 g/mol. The van der Waals surface area contributed by atoms with Gasteiger partial charge in [0.25, 0.3) is 0 Å². The van der Waals surface area contributed by atoms with E-state index in [9.17, 15) is 10.1 Å². The van der Waals surface area contributed by atoms with Gasteiger partial charge in [-0.2, -0.15) is 5.26 Å². The van der Waals surface area contributed by atoms with Gasteiger partial charge < -0.3 is 29.4 Å². The minimum Gasteiger partial charge on any atom is -0.488 e. The Morgan fingerprint density at radius 2 is 1.75 bits per heavy atom. The molecule has 0 bridgehead atoms. The van der Waals surface area contributed by atoms with Crippen LogP contribution in [0.1, 0.15) is 40.7 Å². The van der Waals surface area contributed by atoms with Crippen LogP contribution in [-0.4, -0.2) is 30.8 Å². The fraction of sp³-hybridized carbons (Fsp3) is 0.257. The van der Waals surface area contributed by atoms with Crippen LogP contribution in [0.2, 0.25) is 0 Å². The van der Waals surface area contributed by atoms with Gasteiger partial charge in [0.2, 0.25) is 0 Å². The number of nitrogens with one attached hydrogen (secondary N) is 1. The van der Waals surface area contributed by atoms with E-state index in [4.69, 9.17) is 24.1 Å². The highest BCUT2D eigenvalue weighted by atomic mass is 79.9. The molecule has 8 nitrogen and oxygen atoms in total. The van der Waals surface area contributed by atoms with E-state index in [1.54, 1.807) is 12.1 Å². The summed E-state index contributed by atoms with van der Waals surface area (Å²) in [6, 6.07) is 25.5. The lowest BCUT2D eigenvalue weighted by Crippen LogP contribution is -2.16. The molecule has 1 heterocycles. The number of carbonyl (C=O) groups is 1. The molecule has 5 rings (SSSR count). The number of carboxylic acid groups (broad SMARTS) is 1. The quantitative estimate of drug-likeness (QED) is 0.146. The Bertz CT molecular complexity index is 1680. The fourth-order valence-electron chi connectivity index (χ4n) is 4.96. The van der Waals surface area contributed by atoms with Crippen LogP contribution in [0, 0.1) is 18.3 Å². The van der Waals surface area contributed by atoms with Crippen LogP contribution in [0.25, 0.3) is 11.1 Å². The van der Waals surface area contributed by atoms with Crippen molar-refractivity contribution in [1.29, 1.82) is 5.26 Å². The van der Waals surface area contributed by atoms with Crippen molar-refractivity contribution in [2.45, 2.75) is 39.5 Å². The molecule has 0 amide bonds. The Balaban J connectivity index is 1.33. The molecule has 1 aliphatic rings. The maximum Gasteiger partial charge on any atom is 0.303 e. The van der Waals surface area contributed by atoms with Crippen LogP contribution in [0.4, 0.5) is 0 Å². The molecule has 0 saturated carbocycles. The largest absolute Gasteiger partial charge is 0.488 e. The first-order valence-corrected chi connectivity index (χ1v) is 15.2. The lowest BCUT2D eigenvalue weighted by Gasteiger charge is -2.20. The normalized spacial score (nSPS) is 11.9. The summed E-state index contributed by atoms with van der Waals surface area (Å²) in [6.45, 7) is 4.85. The van der Waals surface area contributed by atoms with Gasteiger partial charge in [-0.1, -0.05) is 36.4 Å². The third kappa shape index (κ3) is 7.90. The Labute approximate surface area is 265 Å². The standard InChI is InChI=1S/C35H33BrN2O6/c1-23-27(7-3-8-29(23)26-10-11-31-34(17-26)42-14-13-41-31)22-44-33-18-32(43-21-25-6-2-5-24(15-25)19-37)28(16-30(33)36)20-38-12-4-9-35(39)40/h2-3,5-8,10-11,15-18,38H,4,9,12-14,20-22H2,1H3,(H,39,40). The number of rotatable bonds is 13. The van der Waals surface area contributed by atoms with E-state index in [2.05, 4.69) is 46.4 Å². The summed E-state index contributed by atoms with van der Waals surface area (Å²) in [5.41, 5.74) is 6.64. The lowest BCUT2D eigenvalue weighted by molar-refractivity contribution is -0.137. The van der Waals surface area contributed by atoms with Gasteiger partial charge in [0.05, 0.1) is 16.1 Å². The summed E-state index contributed by atoms with van der Waals surface area (Å²) in [4.78, 5) is 10.9. The first-order valence-electron chi connectivity index (χ1n) is 14.4. The first-order chi connectivity index (χ1) is 21.4. The van der Waals surface area contributed by atoms with Crippen molar-refractivity contribution < 1.29 is 28.8 Å². The Morgan fingerprint density at radius 3 is 2.57 bits per heavy atom. The van der Waals surface area contributed by atoms with Gasteiger partial charge in [-0.25, -0.2) is 0 Å². The second-order valence-electron chi connectivity index (χ2n) is 10.4. The first kappa shape index (κ1) is 30.9. The van der Waals surface area contributed by atoms with Crippen LogP contribution in [-0.2, 0) is 24.6 Å². The Morgan fingerprint density at radius 1 is 0.955 bits per heavy atom. The summed E-state index contributed by atoms with van der Waals surface area (Å²) in [7, 11) is 0. The molecule has 0 atom stereocenters. The molecule has 44 heavy (non-hydrogen) atoms. The molecule has 0 aromatic heterocycles. The summed E-state index contributed by atoms with van der Waals surface area (Å²) in [5.74, 6) is 1.97. The smallest absolute Gasteiger partial charge is 0.303 e. The minimum absolute atomic E-state index is 0.108. The van der Waals surface area contributed by atoms with E-state index in [-0.39, 0.29) is 13.0 Å². The molecule has 0 radical (unpaired) electrons. The zero-order valence-corrected chi connectivity index (χ0v) is 26.0. The van der Waals surface area contributed by atoms with Crippen LogP contribution >= 0.6 is 15.9 Å². The van der Waals surface area contributed by atoms with E-state index in [1.807, 2.05) is 48.5 Å². The van der Waals surface area contributed by atoms with Crippen molar-refractivity contribution in [3.8, 4) is 40.2 Å². The molecule has 226 valence electrons. The van der Waals surface area contributed by atoms with Gasteiger partial charge in [0, 0.05) is 24.6 Å². The fourth-order valence-corrected chi connectivity index (χ4v) is 5.46. The van der Waals surface area contributed by atoms with Gasteiger partial charge in [-0.05, 0) is 94.0 Å². The average molecular weight is 658 g/mol. The molecular weight excluding hydrogens is 624 g/mol. The number of nitrogens with zero attached hydrogens (tertiary/aromatic N) is 1. The molecule has 4 aromatic rings. The number of hydrogen-bond acceptors (Lipinski definition) is 7. The highest BCUT2D eigenvalue weighted by Crippen LogP contribution is 2.37. The number of carboxylic acids is 1. The third-order valence-corrected chi connectivity index (χ3v) is 7.93. The zero-order chi connectivity index (χ0) is 30.9. The van der Waals surface area contributed by atoms with E-state index in [0.717, 1.165) is 49.4 Å². The summed E-state index contributed by atoms with van der Waals surface area (Å²) in [5, 5.41) is 21.5. The van der Waals surface area contributed by atoms with Crippen LogP contribution in [0.5, 0.6) is 23.0 Å². The predicted molar refractivity (Wildman–Crippen MR) is 170 cm³/mol. The molecule has 0 spiro atoms. The number of fused-ring (bicyclic) bond motifs is 1. The number of aliphatic carboxylic acids is 1. The van der Waals surface area contributed by atoms with Crippen molar-refractivity contribution in [3.05, 3.63) is 105 Å². The topological polar surface area (TPSA) is 110 Å². The zero-order valence-electron chi connectivity index (χ0n) is 24.4. The number of benzene rings is 4. The third-order valence-electron chi connectivity index (χ3n) is 7.31. The van der Waals surface area contributed by atoms with Gasteiger partial charge >= 0.3 is 5.97 Å². The number of halogens is 1. The molecular formula is C35H33BrN2O6. The second kappa shape index (κ2) is 14.8. The minimum atomic E-state index is -0.813. The SMILES string of the molecule is Cc1c(COc2cc(OCc3cccc(C#N)c3)c(CNCCCC(=O)O)cc2Br)cccc1-c1ccc2c(c1)OCCO2. The van der Waals surface area contributed by atoms with Gasteiger partial charge in [-0.15, -0.1) is 0 Å². The highest BCUT2D eigenvalue weighted by molar-refractivity contribution is 9.10. The summed E-state index contributed by atoms with van der Waals surface area (Å²) in [6.07, 6.45) is 0.636. The van der Waals surface area contributed by atoms with Crippen LogP contribution < -0.4 is 24.3 Å². The molecule has 2 N–H and O–H groups in total. The van der Waals surface area contributed by atoms with E-state index >= 15 is 0 Å². The number of hydrogen-bond donors (Lipinski definition) is 2. The maximum atomic E-state index is 10.9. The predicted octanol–water partition coefficient (Wildman–Crippen LogP) is 7.18. The van der Waals surface area contributed by atoms with E-state index in [0.29, 0.717) is 56.4 Å². The van der Waals surface area contributed by atoms with Crippen molar-refractivity contribution >= 4 is 21.9 Å². The summed E-state index contributed by atoms with van der Waals surface area (Å²) >= 11 is 3.67. The van der Waals surface area contributed by atoms with Crippen LogP contribution in [0.3, 0.4) is 0 Å². The van der Waals surface area contributed by atoms with Crippen molar-refractivity contribution in [2.24, 2.45) is 0 Å². The Kier molecular flexibility index (Phi) is 10.4. The van der Waals surface area contributed by atoms with Gasteiger partial charge in [0.1, 0.15) is 37.9 Å². The molecule has 1 aliphatic heterocycles. The number of nitriles is 1. The van der Waals surface area contributed by atoms with Crippen LogP contribution in [0.15, 0.2) is 77.3 Å².